The van der Waals surface area contributed by atoms with E-state index in [1.807, 2.05) is 0 Å². The molecule has 1 aliphatic rings. The fraction of sp³-hybridized carbons (Fsp3) is 0.900. The van der Waals surface area contributed by atoms with Crippen LogP contribution in [0.3, 0.4) is 0 Å². The Hall–Kier alpha value is -0.980. The zero-order chi connectivity index (χ0) is 13.3. The van der Waals surface area contributed by atoms with Crippen molar-refractivity contribution in [2.45, 2.75) is 44.5 Å². The van der Waals surface area contributed by atoms with Crippen molar-refractivity contribution in [3.05, 3.63) is 0 Å². The van der Waals surface area contributed by atoms with Crippen LogP contribution in [0.15, 0.2) is 0 Å². The van der Waals surface area contributed by atoms with Gasteiger partial charge in [-0.1, -0.05) is 0 Å². The topological polar surface area (TPSA) is 52.6 Å². The highest BCUT2D eigenvalue weighted by Gasteiger charge is 2.54. The number of piperidine rings is 1. The van der Waals surface area contributed by atoms with Gasteiger partial charge in [0.15, 0.2) is 5.60 Å². The number of carbonyl (C=O) groups excluding carboxylic acids is 1. The van der Waals surface area contributed by atoms with Crippen LogP contribution < -0.4 is 5.32 Å². The van der Waals surface area contributed by atoms with Crippen molar-refractivity contribution in [2.75, 3.05) is 13.1 Å². The van der Waals surface area contributed by atoms with Crippen LogP contribution in [0, 0.1) is 0 Å². The van der Waals surface area contributed by atoms with E-state index < -0.39 is 24.6 Å². The van der Waals surface area contributed by atoms with Gasteiger partial charge in [-0.2, -0.15) is 13.2 Å². The average molecular weight is 254 g/mol. The lowest BCUT2D eigenvalue weighted by Crippen LogP contribution is -2.56. The van der Waals surface area contributed by atoms with Gasteiger partial charge in [0.25, 0.3) is 0 Å². The first-order valence-electron chi connectivity index (χ1n) is 5.50. The monoisotopic (exact) mass is 254 g/mol. The predicted molar refractivity (Wildman–Crippen MR) is 55.5 cm³/mol. The third kappa shape index (κ3) is 3.24. The minimum atomic E-state index is -4.63. The first-order chi connectivity index (χ1) is 7.66. The molecule has 17 heavy (non-hydrogen) atoms. The number of hydrogen-bond acceptors (Lipinski definition) is 2. The number of nitrogens with one attached hydrogen (secondary N) is 1. The Kier molecular flexibility index (Phi) is 3.91. The van der Waals surface area contributed by atoms with E-state index in [2.05, 4.69) is 5.32 Å². The summed E-state index contributed by atoms with van der Waals surface area (Å²) in [4.78, 5) is 12.8. The highest BCUT2D eigenvalue weighted by molar-refractivity contribution is 5.74. The number of aliphatic hydroxyl groups is 1. The van der Waals surface area contributed by atoms with Gasteiger partial charge >= 0.3 is 12.2 Å². The van der Waals surface area contributed by atoms with E-state index in [9.17, 15) is 23.1 Å². The van der Waals surface area contributed by atoms with Crippen molar-refractivity contribution < 1.29 is 23.1 Å². The third-order valence-electron chi connectivity index (χ3n) is 2.82. The fourth-order valence-electron chi connectivity index (χ4n) is 1.70. The van der Waals surface area contributed by atoms with Crippen LogP contribution in [0.1, 0.15) is 26.7 Å². The first kappa shape index (κ1) is 14.1. The summed E-state index contributed by atoms with van der Waals surface area (Å²) in [6.45, 7) is 3.37. The fourth-order valence-corrected chi connectivity index (χ4v) is 1.70. The standard InChI is InChI=1S/C10H17F3N2O2/c1-7(2)14-8(16)15-5-3-9(17,4-6-15)10(11,12)13/h7,17H,3-6H2,1-2H3,(H,14,16). The maximum absolute atomic E-state index is 12.5. The van der Waals surface area contributed by atoms with Gasteiger partial charge in [-0.05, 0) is 13.8 Å². The van der Waals surface area contributed by atoms with Gasteiger partial charge in [0.1, 0.15) is 0 Å². The molecule has 0 aliphatic carbocycles. The Morgan fingerprint density at radius 1 is 1.35 bits per heavy atom. The van der Waals surface area contributed by atoms with E-state index in [0.717, 1.165) is 0 Å². The van der Waals surface area contributed by atoms with Crippen LogP contribution in [0.25, 0.3) is 0 Å². The van der Waals surface area contributed by atoms with Crippen LogP contribution in [0.2, 0.25) is 0 Å². The van der Waals surface area contributed by atoms with E-state index in [4.69, 9.17) is 0 Å². The molecule has 0 spiro atoms. The summed E-state index contributed by atoms with van der Waals surface area (Å²) in [5, 5.41) is 12.0. The minimum absolute atomic E-state index is 0.0640. The number of hydrogen-bond donors (Lipinski definition) is 2. The van der Waals surface area contributed by atoms with Crippen LogP contribution in [0.5, 0.6) is 0 Å². The molecule has 1 heterocycles. The summed E-state index contributed by atoms with van der Waals surface area (Å²) >= 11 is 0. The molecule has 1 aliphatic heterocycles. The highest BCUT2D eigenvalue weighted by Crippen LogP contribution is 2.38. The van der Waals surface area contributed by atoms with Gasteiger partial charge in [0.05, 0.1) is 0 Å². The lowest BCUT2D eigenvalue weighted by atomic mass is 9.91. The second kappa shape index (κ2) is 4.72. The van der Waals surface area contributed by atoms with Crippen molar-refractivity contribution in [3.63, 3.8) is 0 Å². The summed E-state index contributed by atoms with van der Waals surface area (Å²) in [7, 11) is 0. The van der Waals surface area contributed by atoms with Crippen molar-refractivity contribution in [2.24, 2.45) is 0 Å². The number of alkyl halides is 3. The number of likely N-dealkylation sites (tertiary alicyclic amines) is 1. The molecule has 0 aromatic rings. The lowest BCUT2D eigenvalue weighted by Gasteiger charge is -2.39. The van der Waals surface area contributed by atoms with E-state index in [-0.39, 0.29) is 25.2 Å². The number of nitrogens with zero attached hydrogens (tertiary/aromatic N) is 1. The molecule has 0 radical (unpaired) electrons. The Morgan fingerprint density at radius 2 is 1.82 bits per heavy atom. The number of halogens is 3. The van der Waals surface area contributed by atoms with Gasteiger partial charge in [-0.3, -0.25) is 0 Å². The van der Waals surface area contributed by atoms with Crippen molar-refractivity contribution in [3.8, 4) is 0 Å². The molecule has 0 aromatic heterocycles. The maximum Gasteiger partial charge on any atom is 0.417 e. The highest BCUT2D eigenvalue weighted by atomic mass is 19.4. The molecular weight excluding hydrogens is 237 g/mol. The van der Waals surface area contributed by atoms with E-state index in [0.29, 0.717) is 0 Å². The molecule has 0 aromatic carbocycles. The largest absolute Gasteiger partial charge is 0.417 e. The second-order valence-electron chi connectivity index (χ2n) is 4.62. The number of urea groups is 1. The van der Waals surface area contributed by atoms with Gasteiger partial charge in [0.2, 0.25) is 0 Å². The average Bonchev–Trinajstić information content (AvgIpc) is 2.15. The van der Waals surface area contributed by atoms with Crippen LogP contribution >= 0.6 is 0 Å². The van der Waals surface area contributed by atoms with Gasteiger partial charge < -0.3 is 15.3 Å². The Labute approximate surface area is 97.8 Å². The number of amides is 2. The molecule has 0 bridgehead atoms. The molecule has 2 N–H and O–H groups in total. The summed E-state index contributed by atoms with van der Waals surface area (Å²) < 4.78 is 37.5. The van der Waals surface area contributed by atoms with Gasteiger partial charge in [0, 0.05) is 32.0 Å². The van der Waals surface area contributed by atoms with E-state index in [1.54, 1.807) is 13.8 Å². The van der Waals surface area contributed by atoms with Crippen LogP contribution in [-0.4, -0.2) is 46.9 Å². The van der Waals surface area contributed by atoms with Crippen molar-refractivity contribution >= 4 is 6.03 Å². The molecule has 0 atom stereocenters. The van der Waals surface area contributed by atoms with Crippen molar-refractivity contribution in [1.82, 2.24) is 10.2 Å². The normalized spacial score (nSPS) is 20.5. The first-order valence-corrected chi connectivity index (χ1v) is 5.50. The Morgan fingerprint density at radius 3 is 2.18 bits per heavy atom. The van der Waals surface area contributed by atoms with E-state index in [1.165, 1.54) is 4.90 Å². The molecule has 0 unspecified atom stereocenters. The molecule has 4 nitrogen and oxygen atoms in total. The van der Waals surface area contributed by atoms with E-state index >= 15 is 0 Å². The van der Waals surface area contributed by atoms with Crippen molar-refractivity contribution in [1.29, 1.82) is 0 Å². The Bertz CT molecular complexity index is 284. The zero-order valence-corrected chi connectivity index (χ0v) is 9.84. The predicted octanol–water partition coefficient (Wildman–Crippen LogP) is 1.49. The minimum Gasteiger partial charge on any atom is -0.380 e. The molecule has 2 amide bonds. The summed E-state index contributed by atoms with van der Waals surface area (Å²) in [5.41, 5.74) is -2.65. The maximum atomic E-state index is 12.5. The van der Waals surface area contributed by atoms with Gasteiger partial charge in [-0.25, -0.2) is 4.79 Å². The zero-order valence-electron chi connectivity index (χ0n) is 9.84. The summed E-state index contributed by atoms with van der Waals surface area (Å²) in [5.74, 6) is 0. The summed E-state index contributed by atoms with van der Waals surface area (Å²) in [6.07, 6.45) is -5.57. The quantitative estimate of drug-likeness (QED) is 0.745. The molecule has 7 heteroatoms. The van der Waals surface area contributed by atoms with Gasteiger partial charge in [-0.15, -0.1) is 0 Å². The van der Waals surface area contributed by atoms with Crippen LogP contribution in [0.4, 0.5) is 18.0 Å². The second-order valence-corrected chi connectivity index (χ2v) is 4.62. The lowest BCUT2D eigenvalue weighted by molar-refractivity contribution is -0.271. The molecular formula is C10H17F3N2O2. The number of rotatable bonds is 1. The summed E-state index contributed by atoms with van der Waals surface area (Å²) in [6, 6.07) is -0.449. The molecule has 0 saturated carbocycles. The third-order valence-corrected chi connectivity index (χ3v) is 2.82. The molecule has 1 saturated heterocycles. The number of carbonyl (C=O) groups is 1. The SMILES string of the molecule is CC(C)NC(=O)N1CCC(O)(C(F)(F)F)CC1. The van der Waals surface area contributed by atoms with Crippen LogP contribution in [-0.2, 0) is 0 Å². The molecule has 1 fully saturated rings. The Balaban J connectivity index is 2.54. The smallest absolute Gasteiger partial charge is 0.380 e. The molecule has 100 valence electrons. The molecule has 1 rings (SSSR count).